The van der Waals surface area contributed by atoms with Crippen molar-refractivity contribution in [3.8, 4) is 0 Å². The van der Waals surface area contributed by atoms with Crippen LogP contribution >= 0.6 is 0 Å². The molecule has 0 radical (unpaired) electrons. The Morgan fingerprint density at radius 3 is 2.45 bits per heavy atom. The molecule has 2 aliphatic rings. The second-order valence-corrected chi connectivity index (χ2v) is 8.15. The summed E-state index contributed by atoms with van der Waals surface area (Å²) in [4.78, 5) is 36.7. The van der Waals surface area contributed by atoms with E-state index in [-0.39, 0.29) is 25.0 Å². The van der Waals surface area contributed by atoms with E-state index in [1.165, 1.54) is 4.90 Å². The Balaban J connectivity index is 1.71. The first-order chi connectivity index (χ1) is 15.0. The summed E-state index contributed by atoms with van der Waals surface area (Å²) in [5.41, 5.74) is 4.70. The van der Waals surface area contributed by atoms with Gasteiger partial charge in [0.05, 0.1) is 18.7 Å². The van der Waals surface area contributed by atoms with E-state index in [0.29, 0.717) is 30.9 Å². The first-order valence-corrected chi connectivity index (χ1v) is 10.6. The van der Waals surface area contributed by atoms with Gasteiger partial charge in [-0.25, -0.2) is 0 Å². The van der Waals surface area contributed by atoms with Crippen LogP contribution in [0.4, 0.5) is 0 Å². The molecule has 1 aromatic heterocycles. The maximum Gasteiger partial charge on any atom is 0.278 e. The van der Waals surface area contributed by atoms with Gasteiger partial charge in [-0.05, 0) is 36.6 Å². The molecule has 0 spiro atoms. The minimum atomic E-state index is -0.256. The Morgan fingerprint density at radius 2 is 1.81 bits per heavy atom. The van der Waals surface area contributed by atoms with Crippen molar-refractivity contribution in [1.82, 2.24) is 19.7 Å². The fourth-order valence-corrected chi connectivity index (χ4v) is 4.35. The van der Waals surface area contributed by atoms with Crippen molar-refractivity contribution in [3.63, 3.8) is 0 Å². The van der Waals surface area contributed by atoms with Crippen molar-refractivity contribution in [2.45, 2.75) is 20.4 Å². The molecule has 1 N–H and O–H groups in total. The maximum absolute atomic E-state index is 13.5. The predicted molar refractivity (Wildman–Crippen MR) is 118 cm³/mol. The van der Waals surface area contributed by atoms with E-state index in [1.54, 1.807) is 18.5 Å². The SMILES string of the molecule is Cc1ccc(C2=C(N3CCN(CCO)CC3)C(=O)N(Cc3cccnc3)C2=O)c(C)c1. The van der Waals surface area contributed by atoms with E-state index >= 15 is 0 Å². The number of carbonyl (C=O) groups excluding carboxylic acids is 2. The van der Waals surface area contributed by atoms with Crippen molar-refractivity contribution in [1.29, 1.82) is 0 Å². The average molecular weight is 421 g/mol. The summed E-state index contributed by atoms with van der Waals surface area (Å²) >= 11 is 0. The lowest BCUT2D eigenvalue weighted by molar-refractivity contribution is -0.138. The van der Waals surface area contributed by atoms with E-state index in [2.05, 4.69) is 9.88 Å². The molecule has 4 rings (SSSR count). The molecule has 7 nitrogen and oxygen atoms in total. The molecule has 0 bridgehead atoms. The molecule has 0 unspecified atom stereocenters. The lowest BCUT2D eigenvalue weighted by atomic mass is 9.97. The molecule has 2 aromatic rings. The van der Waals surface area contributed by atoms with Gasteiger partial charge in [0.15, 0.2) is 0 Å². The second-order valence-electron chi connectivity index (χ2n) is 8.15. The summed E-state index contributed by atoms with van der Waals surface area (Å²) in [6, 6.07) is 9.64. The smallest absolute Gasteiger partial charge is 0.278 e. The minimum Gasteiger partial charge on any atom is -0.395 e. The van der Waals surface area contributed by atoms with Gasteiger partial charge in [-0.2, -0.15) is 0 Å². The number of imide groups is 1. The number of piperazine rings is 1. The highest BCUT2D eigenvalue weighted by molar-refractivity contribution is 6.35. The number of carbonyl (C=O) groups is 2. The number of amides is 2. The summed E-state index contributed by atoms with van der Waals surface area (Å²) < 4.78 is 0. The van der Waals surface area contributed by atoms with Crippen molar-refractivity contribution in [3.05, 3.63) is 70.7 Å². The molecule has 7 heteroatoms. The fourth-order valence-electron chi connectivity index (χ4n) is 4.35. The number of benzene rings is 1. The third-order valence-electron chi connectivity index (χ3n) is 5.96. The lowest BCUT2D eigenvalue weighted by Gasteiger charge is -2.36. The number of hydrogen-bond donors (Lipinski definition) is 1. The molecule has 0 saturated carbocycles. The van der Waals surface area contributed by atoms with Gasteiger partial charge in [-0.1, -0.05) is 29.8 Å². The largest absolute Gasteiger partial charge is 0.395 e. The molecule has 1 fully saturated rings. The number of pyridine rings is 1. The number of hydrogen-bond acceptors (Lipinski definition) is 6. The maximum atomic E-state index is 13.5. The first kappa shape index (κ1) is 21.2. The van der Waals surface area contributed by atoms with Gasteiger partial charge < -0.3 is 10.0 Å². The molecule has 0 aliphatic carbocycles. The van der Waals surface area contributed by atoms with Gasteiger partial charge in [0.1, 0.15) is 5.70 Å². The van der Waals surface area contributed by atoms with Crippen LogP contribution in [0.15, 0.2) is 48.4 Å². The number of aliphatic hydroxyl groups excluding tert-OH is 1. The third-order valence-corrected chi connectivity index (χ3v) is 5.96. The van der Waals surface area contributed by atoms with E-state index < -0.39 is 0 Å². The summed E-state index contributed by atoms with van der Waals surface area (Å²) in [6.07, 6.45) is 3.36. The Kier molecular flexibility index (Phi) is 6.15. The Labute approximate surface area is 182 Å². The zero-order chi connectivity index (χ0) is 22.0. The van der Waals surface area contributed by atoms with Crippen LogP contribution in [-0.4, -0.2) is 75.9 Å². The van der Waals surface area contributed by atoms with Crippen molar-refractivity contribution in [2.24, 2.45) is 0 Å². The van der Waals surface area contributed by atoms with Crippen LogP contribution in [0.1, 0.15) is 22.3 Å². The van der Waals surface area contributed by atoms with Crippen LogP contribution in [0.3, 0.4) is 0 Å². The lowest BCUT2D eigenvalue weighted by Crippen LogP contribution is -2.48. The topological polar surface area (TPSA) is 77.0 Å². The highest BCUT2D eigenvalue weighted by atomic mass is 16.3. The zero-order valence-electron chi connectivity index (χ0n) is 18.0. The fraction of sp³-hybridized carbons (Fsp3) is 0.375. The van der Waals surface area contributed by atoms with Gasteiger partial charge in [0, 0.05) is 45.1 Å². The van der Waals surface area contributed by atoms with Crippen molar-refractivity contribution >= 4 is 17.4 Å². The highest BCUT2D eigenvalue weighted by Crippen LogP contribution is 2.34. The standard InChI is InChI=1S/C24H28N4O3/c1-17-5-6-20(18(2)14-17)21-22(27-10-8-26(9-11-27)12-13-29)24(31)28(23(21)30)16-19-4-3-7-25-15-19/h3-7,14-15,29H,8-13,16H2,1-2H3. The van der Waals surface area contributed by atoms with Gasteiger partial charge in [0.25, 0.3) is 11.8 Å². The van der Waals surface area contributed by atoms with Gasteiger partial charge in [-0.15, -0.1) is 0 Å². The molecular formula is C24H28N4O3. The summed E-state index contributed by atoms with van der Waals surface area (Å²) in [5.74, 6) is -0.506. The van der Waals surface area contributed by atoms with Crippen LogP contribution in [0.2, 0.25) is 0 Å². The molecule has 3 heterocycles. The van der Waals surface area contributed by atoms with Gasteiger partial charge in [0.2, 0.25) is 0 Å². The second kappa shape index (κ2) is 8.99. The third kappa shape index (κ3) is 4.24. The average Bonchev–Trinajstić information content (AvgIpc) is 3.00. The normalized spacial score (nSPS) is 17.8. The van der Waals surface area contributed by atoms with Crippen molar-refractivity contribution < 1.29 is 14.7 Å². The number of nitrogens with zero attached hydrogens (tertiary/aromatic N) is 4. The van der Waals surface area contributed by atoms with Gasteiger partial charge >= 0.3 is 0 Å². The summed E-state index contributed by atoms with van der Waals surface area (Å²) in [6.45, 7) is 7.71. The molecule has 162 valence electrons. The van der Waals surface area contributed by atoms with Crippen LogP contribution in [0, 0.1) is 13.8 Å². The van der Waals surface area contributed by atoms with E-state index in [1.807, 2.05) is 43.0 Å². The number of rotatable bonds is 6. The van der Waals surface area contributed by atoms with E-state index in [4.69, 9.17) is 0 Å². The number of aryl methyl sites for hydroxylation is 2. The zero-order valence-corrected chi connectivity index (χ0v) is 18.0. The number of aromatic nitrogens is 1. The molecule has 31 heavy (non-hydrogen) atoms. The minimum absolute atomic E-state index is 0.118. The molecule has 1 saturated heterocycles. The molecule has 2 aliphatic heterocycles. The Morgan fingerprint density at radius 1 is 1.03 bits per heavy atom. The van der Waals surface area contributed by atoms with E-state index in [9.17, 15) is 14.7 Å². The van der Waals surface area contributed by atoms with E-state index in [0.717, 1.165) is 35.3 Å². The molecular weight excluding hydrogens is 392 g/mol. The molecule has 2 amide bonds. The van der Waals surface area contributed by atoms with Crippen LogP contribution in [0.5, 0.6) is 0 Å². The summed E-state index contributed by atoms with van der Waals surface area (Å²) in [7, 11) is 0. The molecule has 0 atom stereocenters. The van der Waals surface area contributed by atoms with Gasteiger partial charge in [-0.3, -0.25) is 24.4 Å². The van der Waals surface area contributed by atoms with Crippen molar-refractivity contribution in [2.75, 3.05) is 39.3 Å². The highest BCUT2D eigenvalue weighted by Gasteiger charge is 2.42. The van der Waals surface area contributed by atoms with Crippen LogP contribution < -0.4 is 0 Å². The number of β-amino-alcohol motifs (C(OH)–C–C–N with tert-alkyl or cyclic N) is 1. The van der Waals surface area contributed by atoms with Crippen LogP contribution in [-0.2, 0) is 16.1 Å². The molecule has 1 aromatic carbocycles. The monoisotopic (exact) mass is 420 g/mol. The Bertz CT molecular complexity index is 1010. The summed E-state index contributed by atoms with van der Waals surface area (Å²) in [5, 5.41) is 9.22. The quantitative estimate of drug-likeness (QED) is 0.716. The predicted octanol–water partition coefficient (Wildman–Crippen LogP) is 1.59. The first-order valence-electron chi connectivity index (χ1n) is 10.6. The number of aliphatic hydroxyl groups is 1. The Hall–Kier alpha value is -3.03. The van der Waals surface area contributed by atoms with Crippen LogP contribution in [0.25, 0.3) is 5.57 Å².